The second-order valence-corrected chi connectivity index (χ2v) is 2.57. The average Bonchev–Trinajstić information content (AvgIpc) is 2.03. The summed E-state index contributed by atoms with van der Waals surface area (Å²) in [5.41, 5.74) is 5.43. The van der Waals surface area contributed by atoms with Gasteiger partial charge in [-0.3, -0.25) is 14.9 Å². The van der Waals surface area contributed by atoms with E-state index < -0.39 is 10.8 Å². The molecule has 2 N–H and O–H groups in total. The summed E-state index contributed by atoms with van der Waals surface area (Å²) < 4.78 is 0. The van der Waals surface area contributed by atoms with E-state index in [4.69, 9.17) is 5.73 Å². The predicted octanol–water partition coefficient (Wildman–Crippen LogP) is 1.00. The number of nitrogens with two attached hydrogens (primary N) is 1. The molecule has 0 radical (unpaired) electrons. The Hall–Kier alpha value is -1.91. The van der Waals surface area contributed by atoms with Crippen LogP contribution in [0.4, 0.5) is 5.69 Å². The van der Waals surface area contributed by atoms with Crippen molar-refractivity contribution in [3.05, 3.63) is 39.4 Å². The van der Waals surface area contributed by atoms with E-state index >= 15 is 0 Å². The van der Waals surface area contributed by atoms with Gasteiger partial charge in [-0.1, -0.05) is 6.07 Å². The van der Waals surface area contributed by atoms with Crippen LogP contribution in [0.1, 0.15) is 15.9 Å². The van der Waals surface area contributed by atoms with E-state index in [0.29, 0.717) is 5.56 Å². The molecule has 0 unspecified atom stereocenters. The van der Waals surface area contributed by atoms with E-state index in [9.17, 15) is 14.9 Å². The molecule has 0 atom stereocenters. The first-order chi connectivity index (χ1) is 6.04. The third kappa shape index (κ3) is 1.64. The number of amides is 1. The molecule has 1 rings (SSSR count). The average molecular weight is 180 g/mol. The third-order valence-corrected chi connectivity index (χ3v) is 1.77. The summed E-state index contributed by atoms with van der Waals surface area (Å²) in [6, 6.07) is 4.23. The Balaban J connectivity index is 3.35. The number of nitro groups is 1. The molecule has 13 heavy (non-hydrogen) atoms. The van der Waals surface area contributed by atoms with Crippen LogP contribution in [0.25, 0.3) is 0 Å². The number of hydrogen-bond acceptors (Lipinski definition) is 3. The molecule has 0 heterocycles. The fraction of sp³-hybridized carbons (Fsp3) is 0.125. The van der Waals surface area contributed by atoms with Crippen molar-refractivity contribution in [1.82, 2.24) is 0 Å². The lowest BCUT2D eigenvalue weighted by Gasteiger charge is -2.00. The second-order valence-electron chi connectivity index (χ2n) is 2.57. The zero-order chi connectivity index (χ0) is 10.0. The minimum atomic E-state index is -0.652. The molecule has 0 spiro atoms. The maximum Gasteiger partial charge on any atom is 0.273 e. The molecule has 0 aliphatic heterocycles. The Morgan fingerprint density at radius 2 is 2.15 bits per heavy atom. The van der Waals surface area contributed by atoms with Gasteiger partial charge in [0.1, 0.15) is 0 Å². The van der Waals surface area contributed by atoms with Crippen LogP contribution in [-0.4, -0.2) is 10.8 Å². The number of rotatable bonds is 2. The lowest BCUT2D eigenvalue weighted by Crippen LogP contribution is -2.13. The van der Waals surface area contributed by atoms with E-state index in [1.54, 1.807) is 0 Å². The fourth-order valence-electron chi connectivity index (χ4n) is 1.09. The van der Waals surface area contributed by atoms with Crippen molar-refractivity contribution in [1.29, 1.82) is 0 Å². The maximum absolute atomic E-state index is 10.8. The highest BCUT2D eigenvalue weighted by Gasteiger charge is 2.15. The fourth-order valence-corrected chi connectivity index (χ4v) is 1.09. The van der Waals surface area contributed by atoms with Crippen LogP contribution in [-0.2, 0) is 0 Å². The molecule has 0 bridgehead atoms. The molecule has 0 saturated carbocycles. The normalized spacial score (nSPS) is 9.62. The number of carbonyl (C=O) groups is 1. The largest absolute Gasteiger partial charge is 0.366 e. The topological polar surface area (TPSA) is 86.2 Å². The van der Waals surface area contributed by atoms with Crippen molar-refractivity contribution < 1.29 is 9.72 Å². The first-order valence-electron chi connectivity index (χ1n) is 3.58. The van der Waals surface area contributed by atoms with Crippen molar-refractivity contribution in [3.8, 4) is 0 Å². The summed E-state index contributed by atoms with van der Waals surface area (Å²) in [6.45, 7) is 1.50. The molecule has 0 aromatic heterocycles. The van der Waals surface area contributed by atoms with Gasteiger partial charge in [0.25, 0.3) is 5.69 Å². The third-order valence-electron chi connectivity index (χ3n) is 1.77. The van der Waals surface area contributed by atoms with Gasteiger partial charge in [0, 0.05) is 17.2 Å². The van der Waals surface area contributed by atoms with E-state index in [-0.39, 0.29) is 11.3 Å². The molecule has 1 amide bonds. The zero-order valence-corrected chi connectivity index (χ0v) is 6.98. The molecule has 0 aliphatic carbocycles. The summed E-state index contributed by atoms with van der Waals surface area (Å²) >= 11 is 0. The number of carbonyl (C=O) groups excluding carboxylic acids is 1. The van der Waals surface area contributed by atoms with Crippen LogP contribution in [0, 0.1) is 17.0 Å². The quantitative estimate of drug-likeness (QED) is 0.544. The molecule has 0 aliphatic rings. The molecular formula is C8H8N2O3. The SMILES string of the molecule is Cc1c(C(N)=O)cccc1[N+](=O)[O-]. The zero-order valence-electron chi connectivity index (χ0n) is 6.98. The van der Waals surface area contributed by atoms with E-state index in [1.165, 1.54) is 25.1 Å². The Morgan fingerprint density at radius 3 is 2.62 bits per heavy atom. The number of nitro benzene ring substituents is 1. The van der Waals surface area contributed by atoms with E-state index in [2.05, 4.69) is 0 Å². The van der Waals surface area contributed by atoms with Gasteiger partial charge >= 0.3 is 0 Å². The highest BCUT2D eigenvalue weighted by atomic mass is 16.6. The van der Waals surface area contributed by atoms with Crippen LogP contribution < -0.4 is 5.73 Å². The first kappa shape index (κ1) is 9.18. The molecule has 0 fully saturated rings. The number of benzene rings is 1. The standard InChI is InChI=1S/C8H8N2O3/c1-5-6(8(9)11)3-2-4-7(5)10(12)13/h2-4H,1H3,(H2,9,11). The summed E-state index contributed by atoms with van der Waals surface area (Å²) in [5, 5.41) is 10.5. The molecule has 1 aromatic carbocycles. The van der Waals surface area contributed by atoms with Crippen LogP contribution in [0.3, 0.4) is 0 Å². The minimum absolute atomic E-state index is 0.0868. The van der Waals surface area contributed by atoms with Crippen LogP contribution in [0.5, 0.6) is 0 Å². The highest BCUT2D eigenvalue weighted by molar-refractivity contribution is 5.95. The Bertz CT molecular complexity index is 341. The van der Waals surface area contributed by atoms with E-state index in [0.717, 1.165) is 0 Å². The van der Waals surface area contributed by atoms with Crippen LogP contribution >= 0.6 is 0 Å². The second kappa shape index (κ2) is 3.22. The Kier molecular flexibility index (Phi) is 2.27. The van der Waals surface area contributed by atoms with Crippen LogP contribution in [0.2, 0.25) is 0 Å². The van der Waals surface area contributed by atoms with E-state index in [1.807, 2.05) is 0 Å². The van der Waals surface area contributed by atoms with Gasteiger partial charge in [0.05, 0.1) is 4.92 Å². The maximum atomic E-state index is 10.8. The van der Waals surface area contributed by atoms with Crippen molar-refractivity contribution in [3.63, 3.8) is 0 Å². The predicted molar refractivity (Wildman–Crippen MR) is 46.4 cm³/mol. The van der Waals surface area contributed by atoms with Gasteiger partial charge < -0.3 is 5.73 Å². The van der Waals surface area contributed by atoms with Gasteiger partial charge in [-0.25, -0.2) is 0 Å². The Labute approximate surface area is 74.3 Å². The lowest BCUT2D eigenvalue weighted by atomic mass is 10.1. The van der Waals surface area contributed by atoms with Crippen molar-refractivity contribution in [2.24, 2.45) is 5.73 Å². The number of primary amides is 1. The molecule has 68 valence electrons. The smallest absolute Gasteiger partial charge is 0.273 e. The minimum Gasteiger partial charge on any atom is -0.366 e. The van der Waals surface area contributed by atoms with Crippen molar-refractivity contribution in [2.45, 2.75) is 6.92 Å². The summed E-state index contributed by atoms with van der Waals surface area (Å²) in [5.74, 6) is -0.652. The van der Waals surface area contributed by atoms with Crippen molar-refractivity contribution in [2.75, 3.05) is 0 Å². The van der Waals surface area contributed by atoms with Gasteiger partial charge in [-0.05, 0) is 13.0 Å². The van der Waals surface area contributed by atoms with Crippen molar-refractivity contribution >= 4 is 11.6 Å². The molecule has 5 heteroatoms. The Morgan fingerprint density at radius 1 is 1.54 bits per heavy atom. The van der Waals surface area contributed by atoms with Gasteiger partial charge in [-0.2, -0.15) is 0 Å². The molecule has 1 aromatic rings. The lowest BCUT2D eigenvalue weighted by molar-refractivity contribution is -0.385. The van der Waals surface area contributed by atoms with Gasteiger partial charge in [-0.15, -0.1) is 0 Å². The van der Waals surface area contributed by atoms with Gasteiger partial charge in [0.2, 0.25) is 5.91 Å². The highest BCUT2D eigenvalue weighted by Crippen LogP contribution is 2.20. The van der Waals surface area contributed by atoms with Crippen LogP contribution in [0.15, 0.2) is 18.2 Å². The molecule has 0 saturated heterocycles. The summed E-state index contributed by atoms with van der Waals surface area (Å²) in [4.78, 5) is 20.7. The first-order valence-corrected chi connectivity index (χ1v) is 3.58. The molecular weight excluding hydrogens is 172 g/mol. The molecule has 5 nitrogen and oxygen atoms in total. The van der Waals surface area contributed by atoms with Gasteiger partial charge in [0.15, 0.2) is 0 Å². The number of nitrogens with zero attached hydrogens (tertiary/aromatic N) is 1. The number of hydrogen-bond donors (Lipinski definition) is 1. The summed E-state index contributed by atoms with van der Waals surface area (Å²) in [7, 11) is 0. The summed E-state index contributed by atoms with van der Waals surface area (Å²) in [6.07, 6.45) is 0. The monoisotopic (exact) mass is 180 g/mol.